The van der Waals surface area contributed by atoms with Gasteiger partial charge in [0.1, 0.15) is 0 Å². The van der Waals surface area contributed by atoms with Gasteiger partial charge in [-0.25, -0.2) is 4.89 Å². The summed E-state index contributed by atoms with van der Waals surface area (Å²) in [7, 11) is 2.06. The molecular weight excluding hydrogens is 132 g/mol. The molecule has 0 saturated carbocycles. The summed E-state index contributed by atoms with van der Waals surface area (Å²) < 4.78 is 0. The highest BCUT2D eigenvalue weighted by atomic mass is 17.6. The lowest BCUT2D eigenvalue weighted by Crippen LogP contribution is -2.30. The fourth-order valence-electron chi connectivity index (χ4n) is 0.103. The first-order valence-electron chi connectivity index (χ1n) is 1.94. The molecule has 0 fully saturated rings. The molecule has 0 rings (SSSR count). The third kappa shape index (κ3) is 4.24. The average Bonchev–Trinajstić information content (AvgIpc) is 1.82. The smallest absolute Gasteiger partial charge is 0.0745 e. The minimum Gasteiger partial charge on any atom is -0.771 e. The van der Waals surface area contributed by atoms with Crippen LogP contribution in [0.2, 0.25) is 0 Å². The van der Waals surface area contributed by atoms with Gasteiger partial charge < -0.3 is 15.6 Å². The van der Waals surface area contributed by atoms with Crippen molar-refractivity contribution in [2.24, 2.45) is 0 Å². The molecule has 0 aliphatic rings. The van der Waals surface area contributed by atoms with Crippen LogP contribution >= 0.6 is 0 Å². The summed E-state index contributed by atoms with van der Waals surface area (Å²) in [5.41, 5.74) is 0. The number of hydrogen-bond donors (Lipinski definition) is 0. The van der Waals surface area contributed by atoms with Crippen LogP contribution in [0.4, 0.5) is 0 Å². The zero-order valence-corrected chi connectivity index (χ0v) is 4.94. The predicted octanol–water partition coefficient (Wildman–Crippen LogP) is -0.445. The second-order valence-electron chi connectivity index (χ2n) is 1.01. The van der Waals surface area contributed by atoms with E-state index in [1.54, 1.807) is 0 Å². The van der Waals surface area contributed by atoms with Crippen molar-refractivity contribution < 1.29 is 14.9 Å². The molecular formula is C2H6N2O5-2. The quantitative estimate of drug-likeness (QED) is 0.384. The topological polar surface area (TPSA) is 80.3 Å². The summed E-state index contributed by atoms with van der Waals surface area (Å²) in [5, 5.41) is 23.0. The fraction of sp³-hybridized carbons (Fsp3) is 1.00. The molecule has 0 heterocycles. The molecule has 0 aromatic rings. The van der Waals surface area contributed by atoms with Crippen LogP contribution in [0.1, 0.15) is 0 Å². The second kappa shape index (κ2) is 4.58. The van der Waals surface area contributed by atoms with Crippen molar-refractivity contribution in [1.82, 2.24) is 10.5 Å². The van der Waals surface area contributed by atoms with Gasteiger partial charge in [-0.05, 0) is 12.1 Å². The number of nitrogens with zero attached hydrogens (tertiary/aromatic N) is 2. The number of hydrazine groups is 1. The number of rotatable bonds is 4. The maximum atomic E-state index is 10.0. The molecule has 0 aromatic heterocycles. The van der Waals surface area contributed by atoms with Crippen molar-refractivity contribution >= 4 is 0 Å². The van der Waals surface area contributed by atoms with E-state index in [0.29, 0.717) is 0 Å². The Morgan fingerprint density at radius 1 is 1.33 bits per heavy atom. The van der Waals surface area contributed by atoms with Crippen LogP contribution in [0.5, 0.6) is 0 Å². The van der Waals surface area contributed by atoms with Gasteiger partial charge in [0.2, 0.25) is 0 Å². The Hall–Kier alpha value is -0.280. The molecule has 0 aliphatic heterocycles. The van der Waals surface area contributed by atoms with Crippen molar-refractivity contribution in [3.05, 3.63) is 10.4 Å². The van der Waals surface area contributed by atoms with E-state index in [9.17, 15) is 10.4 Å². The number of hydrogen-bond acceptors (Lipinski definition) is 7. The van der Waals surface area contributed by atoms with Gasteiger partial charge in [-0.15, -0.1) is 4.99 Å². The van der Waals surface area contributed by atoms with Crippen molar-refractivity contribution in [2.75, 3.05) is 14.2 Å². The summed E-state index contributed by atoms with van der Waals surface area (Å²) in [5.74, 6) is 0. The SMILES string of the molecule is COOON([O-])N(C)[O-]. The van der Waals surface area contributed by atoms with Gasteiger partial charge in [0.25, 0.3) is 0 Å². The molecule has 0 aromatic carbocycles. The van der Waals surface area contributed by atoms with E-state index >= 15 is 0 Å². The molecule has 0 aliphatic carbocycles. The van der Waals surface area contributed by atoms with E-state index in [1.165, 1.54) is 0 Å². The first kappa shape index (κ1) is 8.72. The van der Waals surface area contributed by atoms with E-state index in [1.807, 2.05) is 0 Å². The Bertz CT molecular complexity index is 68.0. The van der Waals surface area contributed by atoms with E-state index in [4.69, 9.17) is 0 Å². The van der Waals surface area contributed by atoms with Gasteiger partial charge >= 0.3 is 0 Å². The van der Waals surface area contributed by atoms with Crippen LogP contribution < -0.4 is 0 Å². The highest BCUT2D eigenvalue weighted by molar-refractivity contribution is 4.35. The Kier molecular flexibility index (Phi) is 4.44. The van der Waals surface area contributed by atoms with Crippen molar-refractivity contribution in [1.29, 1.82) is 0 Å². The molecule has 0 atom stereocenters. The molecule has 0 N–H and O–H groups in total. The average molecular weight is 138 g/mol. The second-order valence-corrected chi connectivity index (χ2v) is 1.01. The molecule has 0 radical (unpaired) electrons. The molecule has 0 amide bonds. The first-order valence-corrected chi connectivity index (χ1v) is 1.94. The van der Waals surface area contributed by atoms with E-state index < -0.39 is 5.34 Å². The van der Waals surface area contributed by atoms with Crippen LogP contribution in [0.15, 0.2) is 0 Å². The van der Waals surface area contributed by atoms with Gasteiger partial charge in [0.05, 0.1) is 7.11 Å². The van der Waals surface area contributed by atoms with Crippen LogP contribution in [-0.2, 0) is 14.9 Å². The van der Waals surface area contributed by atoms with E-state index in [2.05, 4.69) is 14.9 Å². The van der Waals surface area contributed by atoms with Gasteiger partial charge in [-0.2, -0.15) is 5.34 Å². The van der Waals surface area contributed by atoms with Gasteiger partial charge in [0, 0.05) is 0 Å². The van der Waals surface area contributed by atoms with Gasteiger partial charge in [-0.3, -0.25) is 0 Å². The fourth-order valence-corrected chi connectivity index (χ4v) is 0.103. The molecule has 0 saturated heterocycles. The van der Waals surface area contributed by atoms with Crippen LogP contribution in [0.25, 0.3) is 0 Å². The summed E-state index contributed by atoms with van der Waals surface area (Å²) in [6.07, 6.45) is 0. The minimum absolute atomic E-state index is 0.126. The summed E-state index contributed by atoms with van der Waals surface area (Å²) in [4.78, 5) is 7.45. The molecule has 56 valence electrons. The summed E-state index contributed by atoms with van der Waals surface area (Å²) in [6.45, 7) is 0. The Morgan fingerprint density at radius 2 is 1.89 bits per heavy atom. The molecule has 7 nitrogen and oxygen atoms in total. The third-order valence-corrected chi connectivity index (χ3v) is 0.392. The largest absolute Gasteiger partial charge is 0.771 e. The number of hydroxylamine groups is 1. The van der Waals surface area contributed by atoms with Crippen molar-refractivity contribution in [2.45, 2.75) is 0 Å². The lowest BCUT2D eigenvalue weighted by atomic mass is 11.5. The maximum absolute atomic E-state index is 10.0. The predicted molar refractivity (Wildman–Crippen MR) is 25.5 cm³/mol. The highest BCUT2D eigenvalue weighted by Gasteiger charge is 1.87. The molecule has 0 unspecified atom stereocenters. The van der Waals surface area contributed by atoms with Crippen LogP contribution in [0.3, 0.4) is 0 Å². The Balaban J connectivity index is 3.16. The van der Waals surface area contributed by atoms with Crippen molar-refractivity contribution in [3.8, 4) is 0 Å². The Morgan fingerprint density at radius 3 is 2.22 bits per heavy atom. The zero-order chi connectivity index (χ0) is 7.28. The maximum Gasteiger partial charge on any atom is 0.0745 e. The molecule has 9 heavy (non-hydrogen) atoms. The normalized spacial score (nSPS) is 11.3. The zero-order valence-electron chi connectivity index (χ0n) is 4.94. The Labute approximate surface area is 51.2 Å². The minimum atomic E-state index is -0.441. The monoisotopic (exact) mass is 138 g/mol. The highest BCUT2D eigenvalue weighted by Crippen LogP contribution is 1.90. The van der Waals surface area contributed by atoms with Gasteiger partial charge in [-0.1, -0.05) is 0 Å². The lowest BCUT2D eigenvalue weighted by Gasteiger charge is -2.37. The van der Waals surface area contributed by atoms with Crippen molar-refractivity contribution in [3.63, 3.8) is 0 Å². The van der Waals surface area contributed by atoms with Gasteiger partial charge in [0.15, 0.2) is 0 Å². The summed E-state index contributed by atoms with van der Waals surface area (Å²) in [6, 6.07) is 0. The summed E-state index contributed by atoms with van der Waals surface area (Å²) >= 11 is 0. The standard InChI is InChI=1S/C2H6N2O5/c1-3(5)4(6)8-9-7-2/h1-2H3/q-2. The third-order valence-electron chi connectivity index (χ3n) is 0.392. The molecule has 0 spiro atoms. The first-order chi connectivity index (χ1) is 4.18. The molecule has 0 bridgehead atoms. The van der Waals surface area contributed by atoms with Crippen LogP contribution in [-0.4, -0.2) is 24.7 Å². The molecule has 7 heteroatoms. The lowest BCUT2D eigenvalue weighted by molar-refractivity contribution is -0.586. The van der Waals surface area contributed by atoms with E-state index in [-0.39, 0.29) is 5.17 Å². The van der Waals surface area contributed by atoms with E-state index in [0.717, 1.165) is 14.2 Å². The van der Waals surface area contributed by atoms with Crippen LogP contribution in [0, 0.1) is 10.4 Å².